The van der Waals surface area contributed by atoms with Crippen molar-refractivity contribution >= 4 is 28.5 Å². The number of nitrogens with one attached hydrogen (secondary N) is 2. The lowest BCUT2D eigenvalue weighted by Crippen LogP contribution is -2.44. The zero-order chi connectivity index (χ0) is 13.7. The van der Waals surface area contributed by atoms with Gasteiger partial charge in [-0.1, -0.05) is 11.6 Å². The molecule has 0 radical (unpaired) electrons. The number of benzene rings is 1. The highest BCUT2D eigenvalue weighted by molar-refractivity contribution is 6.35. The molecule has 2 aromatic rings. The van der Waals surface area contributed by atoms with Crippen molar-refractivity contribution in [2.45, 2.75) is 24.9 Å². The second-order valence-corrected chi connectivity index (χ2v) is 6.12. The Bertz CT molecular complexity index is 682. The molecular formula is C15H15ClN2O2. The number of halogens is 1. The molecule has 4 rings (SSSR count). The number of piperidine rings is 1. The van der Waals surface area contributed by atoms with Gasteiger partial charge in [0.25, 0.3) is 5.91 Å². The van der Waals surface area contributed by atoms with E-state index in [1.807, 2.05) is 0 Å². The minimum absolute atomic E-state index is 0.0262. The Morgan fingerprint density at radius 2 is 2.30 bits per heavy atom. The normalized spacial score (nSPS) is 28.1. The van der Waals surface area contributed by atoms with E-state index in [2.05, 4.69) is 10.6 Å². The van der Waals surface area contributed by atoms with Crippen molar-refractivity contribution in [3.05, 3.63) is 35.0 Å². The molecule has 1 saturated heterocycles. The van der Waals surface area contributed by atoms with E-state index < -0.39 is 0 Å². The number of hydrogen-bond acceptors (Lipinski definition) is 3. The molecule has 1 amide bonds. The topological polar surface area (TPSA) is 54.3 Å². The van der Waals surface area contributed by atoms with Gasteiger partial charge < -0.3 is 15.1 Å². The van der Waals surface area contributed by atoms with E-state index in [-0.39, 0.29) is 5.91 Å². The lowest BCUT2D eigenvalue weighted by Gasteiger charge is -2.23. The van der Waals surface area contributed by atoms with Crippen LogP contribution in [0.4, 0.5) is 0 Å². The van der Waals surface area contributed by atoms with Crippen molar-refractivity contribution in [2.24, 2.45) is 5.92 Å². The van der Waals surface area contributed by atoms with Crippen LogP contribution in [0.5, 0.6) is 0 Å². The first-order valence-electron chi connectivity index (χ1n) is 6.92. The molecule has 2 heterocycles. The maximum Gasteiger partial charge on any atom is 0.251 e. The Hall–Kier alpha value is -1.52. The van der Waals surface area contributed by atoms with E-state index in [1.165, 1.54) is 12.7 Å². The number of carbonyl (C=O) groups excluding carboxylic acids is 1. The van der Waals surface area contributed by atoms with Gasteiger partial charge in [-0.05, 0) is 37.0 Å². The van der Waals surface area contributed by atoms with Gasteiger partial charge in [-0.25, -0.2) is 0 Å². The molecule has 2 fully saturated rings. The maximum atomic E-state index is 12.3. The molecule has 4 nitrogen and oxygen atoms in total. The van der Waals surface area contributed by atoms with Gasteiger partial charge in [0.15, 0.2) is 0 Å². The number of rotatable bonds is 2. The van der Waals surface area contributed by atoms with Crippen molar-refractivity contribution in [1.29, 1.82) is 0 Å². The number of carbonyl (C=O) groups is 1. The number of fused-ring (bicyclic) bond motifs is 3. The highest BCUT2D eigenvalue weighted by atomic mass is 35.5. The quantitative estimate of drug-likeness (QED) is 0.894. The van der Waals surface area contributed by atoms with Crippen LogP contribution in [-0.2, 0) is 0 Å². The average Bonchev–Trinajstić information content (AvgIpc) is 3.15. The van der Waals surface area contributed by atoms with Crippen molar-refractivity contribution in [1.82, 2.24) is 10.6 Å². The minimum atomic E-state index is -0.0262. The standard InChI is InChI=1S/C15H15ClN2O2/c16-12-7-20-14-2-1-8(4-11(12)14)15(19)18-13-5-10-3-9(13)6-17-10/h1-2,4,7,9-10,13,17H,3,5-6H2,(H,18,19). The van der Waals surface area contributed by atoms with Gasteiger partial charge in [0.2, 0.25) is 0 Å². The van der Waals surface area contributed by atoms with E-state index in [4.69, 9.17) is 16.0 Å². The zero-order valence-corrected chi connectivity index (χ0v) is 11.6. The van der Waals surface area contributed by atoms with Gasteiger partial charge in [-0.15, -0.1) is 0 Å². The third kappa shape index (κ3) is 1.91. The van der Waals surface area contributed by atoms with Crippen LogP contribution in [0.25, 0.3) is 11.0 Å². The molecular weight excluding hydrogens is 276 g/mol. The molecule has 2 aliphatic rings. The van der Waals surface area contributed by atoms with Crippen LogP contribution in [0.15, 0.2) is 28.9 Å². The predicted octanol–water partition coefficient (Wildman–Crippen LogP) is 2.57. The van der Waals surface area contributed by atoms with Gasteiger partial charge in [0, 0.05) is 29.6 Å². The summed E-state index contributed by atoms with van der Waals surface area (Å²) in [7, 11) is 0. The summed E-state index contributed by atoms with van der Waals surface area (Å²) in [4.78, 5) is 12.3. The lowest BCUT2D eigenvalue weighted by molar-refractivity contribution is 0.0925. The van der Waals surface area contributed by atoms with Crippen molar-refractivity contribution in [2.75, 3.05) is 6.54 Å². The predicted molar refractivity (Wildman–Crippen MR) is 77.0 cm³/mol. The Kier molecular flexibility index (Phi) is 2.75. The van der Waals surface area contributed by atoms with Crippen molar-refractivity contribution in [3.63, 3.8) is 0 Å². The maximum absolute atomic E-state index is 12.3. The number of amides is 1. The molecule has 3 atom stereocenters. The van der Waals surface area contributed by atoms with Crippen LogP contribution in [-0.4, -0.2) is 24.5 Å². The second-order valence-electron chi connectivity index (χ2n) is 5.71. The van der Waals surface area contributed by atoms with Crippen LogP contribution >= 0.6 is 11.6 Å². The van der Waals surface area contributed by atoms with Crippen molar-refractivity contribution < 1.29 is 9.21 Å². The third-order valence-electron chi connectivity index (χ3n) is 4.47. The van der Waals surface area contributed by atoms with E-state index in [9.17, 15) is 4.79 Å². The number of furan rings is 1. The molecule has 20 heavy (non-hydrogen) atoms. The summed E-state index contributed by atoms with van der Waals surface area (Å²) in [5, 5.41) is 7.92. The van der Waals surface area contributed by atoms with Crippen LogP contribution in [0.3, 0.4) is 0 Å². The monoisotopic (exact) mass is 290 g/mol. The van der Waals surface area contributed by atoms with E-state index in [1.54, 1.807) is 18.2 Å². The smallest absolute Gasteiger partial charge is 0.251 e. The molecule has 104 valence electrons. The fourth-order valence-electron chi connectivity index (χ4n) is 3.40. The third-order valence-corrected chi connectivity index (χ3v) is 4.76. The number of hydrogen-bond donors (Lipinski definition) is 2. The SMILES string of the molecule is O=C(NC1CC2CC1CN2)c1ccc2occ(Cl)c2c1. The molecule has 1 aromatic carbocycles. The summed E-state index contributed by atoms with van der Waals surface area (Å²) in [6.45, 7) is 1.02. The largest absolute Gasteiger partial charge is 0.463 e. The first-order chi connectivity index (χ1) is 9.70. The Morgan fingerprint density at radius 3 is 3.05 bits per heavy atom. The summed E-state index contributed by atoms with van der Waals surface area (Å²) in [6.07, 6.45) is 3.71. The van der Waals surface area contributed by atoms with Crippen LogP contribution in [0.2, 0.25) is 5.02 Å². The Morgan fingerprint density at radius 1 is 1.40 bits per heavy atom. The molecule has 5 heteroatoms. The highest BCUT2D eigenvalue weighted by Gasteiger charge is 2.40. The Labute approximate surface area is 121 Å². The van der Waals surface area contributed by atoms with E-state index >= 15 is 0 Å². The molecule has 0 spiro atoms. The van der Waals surface area contributed by atoms with E-state index in [0.29, 0.717) is 34.2 Å². The second kappa shape index (κ2) is 4.50. The van der Waals surface area contributed by atoms with E-state index in [0.717, 1.165) is 18.4 Å². The molecule has 3 unspecified atom stereocenters. The van der Waals surface area contributed by atoms with Gasteiger partial charge in [-0.2, -0.15) is 0 Å². The molecule has 2 N–H and O–H groups in total. The van der Waals surface area contributed by atoms with Gasteiger partial charge in [0.05, 0.1) is 5.02 Å². The zero-order valence-electron chi connectivity index (χ0n) is 10.9. The average molecular weight is 291 g/mol. The molecule has 1 aliphatic carbocycles. The first kappa shape index (κ1) is 12.2. The summed E-state index contributed by atoms with van der Waals surface area (Å²) in [5.41, 5.74) is 1.34. The van der Waals surface area contributed by atoms with Gasteiger partial charge in [0.1, 0.15) is 11.8 Å². The fourth-order valence-corrected chi connectivity index (χ4v) is 3.60. The Balaban J connectivity index is 1.56. The van der Waals surface area contributed by atoms with Crippen LogP contribution in [0.1, 0.15) is 23.2 Å². The van der Waals surface area contributed by atoms with Crippen LogP contribution in [0, 0.1) is 5.92 Å². The van der Waals surface area contributed by atoms with Gasteiger partial charge in [-0.3, -0.25) is 4.79 Å². The van der Waals surface area contributed by atoms with Crippen molar-refractivity contribution in [3.8, 4) is 0 Å². The molecule has 1 saturated carbocycles. The highest BCUT2D eigenvalue weighted by Crippen LogP contribution is 2.31. The minimum Gasteiger partial charge on any atom is -0.463 e. The summed E-state index contributed by atoms with van der Waals surface area (Å²) >= 11 is 6.04. The molecule has 1 aliphatic heterocycles. The van der Waals surface area contributed by atoms with Crippen LogP contribution < -0.4 is 10.6 Å². The molecule has 1 aromatic heterocycles. The van der Waals surface area contributed by atoms with Gasteiger partial charge >= 0.3 is 0 Å². The summed E-state index contributed by atoms with van der Waals surface area (Å²) in [5.74, 6) is 0.548. The molecule has 2 bridgehead atoms. The first-order valence-corrected chi connectivity index (χ1v) is 7.29. The lowest BCUT2D eigenvalue weighted by atomic mass is 10.0. The fraction of sp³-hybridized carbons (Fsp3) is 0.400. The summed E-state index contributed by atoms with van der Waals surface area (Å²) in [6, 6.07) is 6.24. The summed E-state index contributed by atoms with van der Waals surface area (Å²) < 4.78 is 5.29.